The first-order chi connectivity index (χ1) is 22.4. The topological polar surface area (TPSA) is 112 Å². The first-order valence-corrected chi connectivity index (χ1v) is 15.8. The lowest BCUT2D eigenvalue weighted by molar-refractivity contribution is -0.116. The lowest BCUT2D eigenvalue weighted by atomic mass is 9.88. The van der Waals surface area contributed by atoms with Crippen molar-refractivity contribution in [3.63, 3.8) is 0 Å². The van der Waals surface area contributed by atoms with Gasteiger partial charge in [-0.25, -0.2) is 0 Å². The molecule has 238 valence electrons. The number of nitriles is 1. The number of fused-ring (bicyclic) bond motifs is 1. The molecule has 0 radical (unpaired) electrons. The highest BCUT2D eigenvalue weighted by atomic mass is 35.5. The summed E-state index contributed by atoms with van der Waals surface area (Å²) in [5.74, 6) is 0.637. The first kappa shape index (κ1) is 32.6. The molecule has 2 heterocycles. The predicted molar refractivity (Wildman–Crippen MR) is 183 cm³/mol. The zero-order valence-electron chi connectivity index (χ0n) is 26.3. The Kier molecular flexibility index (Phi) is 11.0. The van der Waals surface area contributed by atoms with E-state index in [0.717, 1.165) is 46.7 Å². The van der Waals surface area contributed by atoms with Gasteiger partial charge in [-0.3, -0.25) is 9.78 Å². The number of halogens is 1. The van der Waals surface area contributed by atoms with E-state index in [1.807, 2.05) is 87.7 Å². The molecule has 3 aromatic carbocycles. The van der Waals surface area contributed by atoms with Crippen molar-refractivity contribution in [1.29, 1.82) is 5.26 Å². The first-order valence-electron chi connectivity index (χ1n) is 15.4. The standard InChI is InChI=1S/C36H39ClN6O3/c1-4-45-34-20-30-28(19-31(34)42-35(44)13-9-17-43(2)3)36(25(21-38)22-40-30)41-26-14-15-33(29(37)18-26)46-23-32-27(12-8-16-39-32)24-10-6-5-7-11-24/h5-8,10-12,14-16,18-20,25,36,40-41H,4,9,13,17,22-23H2,1-3H3,(H,42,44). The zero-order valence-corrected chi connectivity index (χ0v) is 27.1. The third kappa shape index (κ3) is 8.08. The number of anilines is 3. The van der Waals surface area contributed by atoms with Crippen molar-refractivity contribution in [3.05, 3.63) is 95.3 Å². The smallest absolute Gasteiger partial charge is 0.224 e. The van der Waals surface area contributed by atoms with Crippen LogP contribution < -0.4 is 25.4 Å². The maximum atomic E-state index is 12.8. The molecule has 0 saturated carbocycles. The molecule has 46 heavy (non-hydrogen) atoms. The SMILES string of the molecule is CCOc1cc2c(cc1NC(=O)CCCN(C)C)C(Nc1ccc(OCc3ncccc3-c3ccccc3)c(Cl)c1)C(C#N)CN2. The summed E-state index contributed by atoms with van der Waals surface area (Å²) in [4.78, 5) is 19.4. The number of rotatable bonds is 13. The summed E-state index contributed by atoms with van der Waals surface area (Å²) in [7, 11) is 3.97. The van der Waals surface area contributed by atoms with Crippen molar-refractivity contribution in [2.45, 2.75) is 32.4 Å². The highest BCUT2D eigenvalue weighted by Crippen LogP contribution is 2.42. The van der Waals surface area contributed by atoms with E-state index in [2.05, 4.69) is 31.9 Å². The fraction of sp³-hybridized carbons (Fsp3) is 0.306. The van der Waals surface area contributed by atoms with Crippen molar-refractivity contribution in [3.8, 4) is 28.7 Å². The molecule has 0 saturated heterocycles. The maximum absolute atomic E-state index is 12.8. The Morgan fingerprint density at radius 1 is 1.09 bits per heavy atom. The second-order valence-corrected chi connectivity index (χ2v) is 11.8. The van der Waals surface area contributed by atoms with Crippen LogP contribution in [-0.2, 0) is 11.4 Å². The van der Waals surface area contributed by atoms with Crippen LogP contribution >= 0.6 is 11.6 Å². The van der Waals surface area contributed by atoms with E-state index in [1.165, 1.54) is 0 Å². The fourth-order valence-electron chi connectivity index (χ4n) is 5.47. The second kappa shape index (κ2) is 15.5. The van der Waals surface area contributed by atoms with Crippen LogP contribution in [0.5, 0.6) is 11.5 Å². The van der Waals surface area contributed by atoms with E-state index < -0.39 is 0 Å². The molecule has 0 fully saturated rings. The van der Waals surface area contributed by atoms with E-state index in [4.69, 9.17) is 21.1 Å². The highest BCUT2D eigenvalue weighted by Gasteiger charge is 2.31. The van der Waals surface area contributed by atoms with Gasteiger partial charge in [0.15, 0.2) is 0 Å². The third-order valence-corrected chi connectivity index (χ3v) is 8.04. The van der Waals surface area contributed by atoms with E-state index in [-0.39, 0.29) is 24.5 Å². The van der Waals surface area contributed by atoms with Crippen LogP contribution in [0, 0.1) is 17.2 Å². The molecule has 1 amide bonds. The lowest BCUT2D eigenvalue weighted by Gasteiger charge is -2.33. The Morgan fingerprint density at radius 3 is 2.65 bits per heavy atom. The van der Waals surface area contributed by atoms with Gasteiger partial charge in [0, 0.05) is 47.7 Å². The van der Waals surface area contributed by atoms with Crippen molar-refractivity contribution in [2.24, 2.45) is 5.92 Å². The molecular weight excluding hydrogens is 600 g/mol. The van der Waals surface area contributed by atoms with Crippen molar-refractivity contribution < 1.29 is 14.3 Å². The lowest BCUT2D eigenvalue weighted by Crippen LogP contribution is -2.31. The number of amides is 1. The van der Waals surface area contributed by atoms with Crippen LogP contribution in [-0.4, -0.2) is 49.6 Å². The Balaban J connectivity index is 1.34. The molecular formula is C36H39ClN6O3. The minimum Gasteiger partial charge on any atom is -0.492 e. The van der Waals surface area contributed by atoms with Gasteiger partial charge in [-0.05, 0) is 69.9 Å². The number of hydrogen-bond acceptors (Lipinski definition) is 8. The van der Waals surface area contributed by atoms with Gasteiger partial charge in [0.1, 0.15) is 18.1 Å². The number of pyridine rings is 1. The molecule has 1 aliphatic heterocycles. The average molecular weight is 639 g/mol. The fourth-order valence-corrected chi connectivity index (χ4v) is 5.70. The second-order valence-electron chi connectivity index (χ2n) is 11.4. The molecule has 0 spiro atoms. The van der Waals surface area contributed by atoms with Crippen molar-refractivity contribution in [1.82, 2.24) is 9.88 Å². The predicted octanol–water partition coefficient (Wildman–Crippen LogP) is 7.38. The molecule has 9 nitrogen and oxygen atoms in total. The molecule has 0 aliphatic carbocycles. The van der Waals surface area contributed by atoms with Gasteiger partial charge in [0.2, 0.25) is 5.91 Å². The summed E-state index contributed by atoms with van der Waals surface area (Å²) in [6.45, 7) is 3.88. The van der Waals surface area contributed by atoms with Crippen LogP contribution in [0.2, 0.25) is 5.02 Å². The number of nitrogens with one attached hydrogen (secondary N) is 3. The van der Waals surface area contributed by atoms with E-state index in [0.29, 0.717) is 41.8 Å². The van der Waals surface area contributed by atoms with Gasteiger partial charge in [0.05, 0.1) is 41.0 Å². The zero-order chi connectivity index (χ0) is 32.5. The normalized spacial score (nSPS) is 15.3. The number of carbonyl (C=O) groups is 1. The van der Waals surface area contributed by atoms with Crippen LogP contribution in [0.4, 0.5) is 17.1 Å². The van der Waals surface area contributed by atoms with Crippen LogP contribution in [0.15, 0.2) is 79.0 Å². The van der Waals surface area contributed by atoms with Gasteiger partial charge in [-0.2, -0.15) is 5.26 Å². The summed E-state index contributed by atoms with van der Waals surface area (Å²) in [6, 6.07) is 25.3. The Hall–Kier alpha value is -4.78. The van der Waals surface area contributed by atoms with Gasteiger partial charge in [-0.15, -0.1) is 0 Å². The average Bonchev–Trinajstić information content (AvgIpc) is 3.05. The quantitative estimate of drug-likeness (QED) is 0.139. The molecule has 1 aromatic heterocycles. The van der Waals surface area contributed by atoms with Crippen LogP contribution in [0.1, 0.15) is 37.1 Å². The third-order valence-electron chi connectivity index (χ3n) is 7.74. The Bertz CT molecular complexity index is 1690. The number of ether oxygens (including phenoxy) is 2. The molecule has 0 bridgehead atoms. The van der Waals surface area contributed by atoms with Gasteiger partial charge >= 0.3 is 0 Å². The number of benzene rings is 3. The van der Waals surface area contributed by atoms with Crippen LogP contribution in [0.3, 0.4) is 0 Å². The molecule has 2 atom stereocenters. The molecule has 1 aliphatic rings. The minimum absolute atomic E-state index is 0.0863. The van der Waals surface area contributed by atoms with E-state index in [1.54, 1.807) is 12.3 Å². The van der Waals surface area contributed by atoms with Crippen molar-refractivity contribution >= 4 is 34.6 Å². The monoisotopic (exact) mass is 638 g/mol. The summed E-state index contributed by atoms with van der Waals surface area (Å²) in [5.41, 5.74) is 5.88. The number of nitrogens with zero attached hydrogens (tertiary/aromatic N) is 3. The molecule has 10 heteroatoms. The van der Waals surface area contributed by atoms with Crippen LogP contribution in [0.25, 0.3) is 11.1 Å². The largest absolute Gasteiger partial charge is 0.492 e. The molecule has 4 aromatic rings. The summed E-state index contributed by atoms with van der Waals surface area (Å²) in [6.07, 6.45) is 2.89. The molecule has 5 rings (SSSR count). The van der Waals surface area contributed by atoms with Gasteiger partial charge in [-0.1, -0.05) is 48.0 Å². The Labute approximate surface area is 275 Å². The van der Waals surface area contributed by atoms with Gasteiger partial charge in [0.25, 0.3) is 0 Å². The van der Waals surface area contributed by atoms with E-state index >= 15 is 0 Å². The van der Waals surface area contributed by atoms with E-state index in [9.17, 15) is 10.1 Å². The molecule has 2 unspecified atom stereocenters. The Morgan fingerprint density at radius 2 is 1.91 bits per heavy atom. The summed E-state index contributed by atoms with van der Waals surface area (Å²) >= 11 is 6.71. The van der Waals surface area contributed by atoms with Crippen molar-refractivity contribution in [2.75, 3.05) is 49.7 Å². The molecule has 3 N–H and O–H groups in total. The number of aromatic nitrogens is 1. The number of hydrogen-bond donors (Lipinski definition) is 3. The maximum Gasteiger partial charge on any atom is 0.224 e. The summed E-state index contributed by atoms with van der Waals surface area (Å²) < 4.78 is 12.0. The highest BCUT2D eigenvalue weighted by molar-refractivity contribution is 6.32. The minimum atomic E-state index is -0.385. The summed E-state index contributed by atoms with van der Waals surface area (Å²) in [5, 5.41) is 20.4. The van der Waals surface area contributed by atoms with Gasteiger partial charge < -0.3 is 30.3 Å². The number of carbonyl (C=O) groups excluding carboxylic acids is 1.